The highest BCUT2D eigenvalue weighted by Gasteiger charge is 2.17. The smallest absolute Gasteiger partial charge is 0.255 e. The number of rotatable bonds is 7. The van der Waals surface area contributed by atoms with Crippen molar-refractivity contribution in [2.45, 2.75) is 6.04 Å². The minimum atomic E-state index is -0.275. The summed E-state index contributed by atoms with van der Waals surface area (Å²) in [5.41, 5.74) is 5.96. The van der Waals surface area contributed by atoms with Gasteiger partial charge in [-0.1, -0.05) is 0 Å². The molecule has 1 aromatic carbocycles. The van der Waals surface area contributed by atoms with Gasteiger partial charge < -0.3 is 25.3 Å². The van der Waals surface area contributed by atoms with Crippen LogP contribution in [0.5, 0.6) is 11.5 Å². The van der Waals surface area contributed by atoms with Crippen LogP contribution in [0.25, 0.3) is 0 Å². The number of benzene rings is 1. The van der Waals surface area contributed by atoms with Crippen molar-refractivity contribution in [3.05, 3.63) is 23.8 Å². The molecule has 0 aliphatic carbocycles. The van der Waals surface area contributed by atoms with Gasteiger partial charge in [-0.15, -0.1) is 0 Å². The molecule has 0 fully saturated rings. The number of hydrogen-bond acceptors (Lipinski definition) is 5. The van der Waals surface area contributed by atoms with Crippen LogP contribution in [-0.2, 0) is 4.74 Å². The third-order valence-corrected chi connectivity index (χ3v) is 2.64. The first-order chi connectivity index (χ1) is 9.15. The van der Waals surface area contributed by atoms with Gasteiger partial charge in [-0.2, -0.15) is 0 Å². The molecule has 0 aliphatic rings. The van der Waals surface area contributed by atoms with Gasteiger partial charge in [0, 0.05) is 13.7 Å². The number of amides is 1. The maximum absolute atomic E-state index is 12.2. The van der Waals surface area contributed by atoms with Crippen molar-refractivity contribution in [1.82, 2.24) is 5.32 Å². The van der Waals surface area contributed by atoms with Crippen LogP contribution in [0.4, 0.5) is 0 Å². The molecule has 0 saturated heterocycles. The Balaban J connectivity index is 2.90. The fraction of sp³-hybridized carbons (Fsp3) is 0.462. The summed E-state index contributed by atoms with van der Waals surface area (Å²) in [6, 6.07) is 4.79. The molecule has 0 bridgehead atoms. The monoisotopic (exact) mass is 268 g/mol. The molecule has 1 unspecified atom stereocenters. The quantitative estimate of drug-likeness (QED) is 0.748. The predicted octanol–water partition coefficient (Wildman–Crippen LogP) is 0.407. The Kier molecular flexibility index (Phi) is 6.11. The third-order valence-electron chi connectivity index (χ3n) is 2.64. The summed E-state index contributed by atoms with van der Waals surface area (Å²) in [7, 11) is 4.60. The van der Waals surface area contributed by atoms with Crippen molar-refractivity contribution in [1.29, 1.82) is 0 Å². The van der Waals surface area contributed by atoms with E-state index in [1.54, 1.807) is 25.3 Å². The molecule has 0 aliphatic heterocycles. The van der Waals surface area contributed by atoms with Crippen molar-refractivity contribution >= 4 is 5.91 Å². The number of nitrogens with one attached hydrogen (secondary N) is 1. The first kappa shape index (κ1) is 15.3. The fourth-order valence-electron chi connectivity index (χ4n) is 1.62. The SMILES string of the molecule is COCC(CN)NC(=O)c1cc(OC)ccc1OC. The Labute approximate surface area is 112 Å². The zero-order chi connectivity index (χ0) is 14.3. The third kappa shape index (κ3) is 4.11. The minimum absolute atomic E-state index is 0.242. The summed E-state index contributed by atoms with van der Waals surface area (Å²) in [4.78, 5) is 12.2. The van der Waals surface area contributed by atoms with Gasteiger partial charge in [-0.05, 0) is 18.2 Å². The topological polar surface area (TPSA) is 82.8 Å². The van der Waals surface area contributed by atoms with Crippen LogP contribution in [-0.4, -0.2) is 46.4 Å². The Hall–Kier alpha value is -1.79. The van der Waals surface area contributed by atoms with Gasteiger partial charge in [0.1, 0.15) is 11.5 Å². The number of methoxy groups -OCH3 is 3. The van der Waals surface area contributed by atoms with Gasteiger partial charge in [0.2, 0.25) is 0 Å². The number of hydrogen-bond donors (Lipinski definition) is 2. The molecule has 6 heteroatoms. The average Bonchev–Trinajstić information content (AvgIpc) is 2.45. The number of carbonyl (C=O) groups is 1. The molecular weight excluding hydrogens is 248 g/mol. The second-order valence-electron chi connectivity index (χ2n) is 3.93. The van der Waals surface area contributed by atoms with E-state index in [2.05, 4.69) is 5.32 Å². The maximum Gasteiger partial charge on any atom is 0.255 e. The summed E-state index contributed by atoms with van der Waals surface area (Å²) in [6.07, 6.45) is 0. The summed E-state index contributed by atoms with van der Waals surface area (Å²) in [6.45, 7) is 0.653. The molecule has 106 valence electrons. The normalized spacial score (nSPS) is 11.8. The van der Waals surface area contributed by atoms with Crippen LogP contribution < -0.4 is 20.5 Å². The highest BCUT2D eigenvalue weighted by Crippen LogP contribution is 2.23. The van der Waals surface area contributed by atoms with E-state index < -0.39 is 0 Å². The van der Waals surface area contributed by atoms with E-state index in [0.29, 0.717) is 30.2 Å². The summed E-state index contributed by atoms with van der Waals surface area (Å²) in [5, 5.41) is 2.79. The van der Waals surface area contributed by atoms with E-state index in [-0.39, 0.29) is 11.9 Å². The largest absolute Gasteiger partial charge is 0.497 e. The molecule has 0 spiro atoms. The van der Waals surface area contributed by atoms with E-state index in [9.17, 15) is 4.79 Å². The Bertz CT molecular complexity index is 423. The molecule has 0 radical (unpaired) electrons. The minimum Gasteiger partial charge on any atom is -0.497 e. The molecule has 0 heterocycles. The Morgan fingerprint density at radius 1 is 1.32 bits per heavy atom. The van der Waals surface area contributed by atoms with E-state index in [4.69, 9.17) is 19.9 Å². The van der Waals surface area contributed by atoms with Crippen molar-refractivity contribution in [2.75, 3.05) is 34.5 Å². The molecule has 1 rings (SSSR count). The van der Waals surface area contributed by atoms with Gasteiger partial charge in [0.15, 0.2) is 0 Å². The van der Waals surface area contributed by atoms with E-state index >= 15 is 0 Å². The molecule has 1 atom stereocenters. The van der Waals surface area contributed by atoms with E-state index in [0.717, 1.165) is 0 Å². The second-order valence-corrected chi connectivity index (χ2v) is 3.93. The van der Waals surface area contributed by atoms with Crippen molar-refractivity contribution in [3.8, 4) is 11.5 Å². The first-order valence-electron chi connectivity index (χ1n) is 5.88. The van der Waals surface area contributed by atoms with Crippen molar-refractivity contribution in [3.63, 3.8) is 0 Å². The predicted molar refractivity (Wildman–Crippen MR) is 71.7 cm³/mol. The zero-order valence-corrected chi connectivity index (χ0v) is 11.4. The summed E-state index contributed by atoms with van der Waals surface area (Å²) in [5.74, 6) is 0.789. The van der Waals surface area contributed by atoms with Gasteiger partial charge in [-0.25, -0.2) is 0 Å². The molecule has 0 aromatic heterocycles. The van der Waals surface area contributed by atoms with Crippen molar-refractivity contribution < 1.29 is 19.0 Å². The molecule has 1 amide bonds. The number of ether oxygens (including phenoxy) is 3. The maximum atomic E-state index is 12.2. The average molecular weight is 268 g/mol. The Morgan fingerprint density at radius 2 is 2.05 bits per heavy atom. The highest BCUT2D eigenvalue weighted by molar-refractivity contribution is 5.97. The fourth-order valence-corrected chi connectivity index (χ4v) is 1.62. The summed E-state index contributed by atoms with van der Waals surface area (Å²) < 4.78 is 15.2. The number of nitrogens with two attached hydrogens (primary N) is 1. The van der Waals surface area contributed by atoms with Gasteiger partial charge in [0.05, 0.1) is 32.4 Å². The lowest BCUT2D eigenvalue weighted by Gasteiger charge is -2.17. The second kappa shape index (κ2) is 7.60. The molecule has 19 heavy (non-hydrogen) atoms. The van der Waals surface area contributed by atoms with Crippen LogP contribution in [0.15, 0.2) is 18.2 Å². The van der Waals surface area contributed by atoms with Crippen LogP contribution >= 0.6 is 0 Å². The molecule has 0 saturated carbocycles. The number of carbonyl (C=O) groups excluding carboxylic acids is 1. The Morgan fingerprint density at radius 3 is 2.58 bits per heavy atom. The van der Waals surface area contributed by atoms with Crippen molar-refractivity contribution in [2.24, 2.45) is 5.73 Å². The van der Waals surface area contributed by atoms with Gasteiger partial charge in [0.25, 0.3) is 5.91 Å². The lowest BCUT2D eigenvalue weighted by Crippen LogP contribution is -2.43. The highest BCUT2D eigenvalue weighted by atomic mass is 16.5. The lowest BCUT2D eigenvalue weighted by molar-refractivity contribution is 0.0897. The molecule has 1 aromatic rings. The molecule has 3 N–H and O–H groups in total. The van der Waals surface area contributed by atoms with E-state index in [1.165, 1.54) is 14.2 Å². The lowest BCUT2D eigenvalue weighted by atomic mass is 10.1. The van der Waals surface area contributed by atoms with Crippen LogP contribution in [0.1, 0.15) is 10.4 Å². The van der Waals surface area contributed by atoms with Crippen LogP contribution in [0.3, 0.4) is 0 Å². The van der Waals surface area contributed by atoms with Gasteiger partial charge in [-0.3, -0.25) is 4.79 Å². The zero-order valence-electron chi connectivity index (χ0n) is 11.4. The first-order valence-corrected chi connectivity index (χ1v) is 5.88. The standard InChI is InChI=1S/C13H20N2O4/c1-17-8-9(7-14)15-13(16)11-6-10(18-2)4-5-12(11)19-3/h4-6,9H,7-8,14H2,1-3H3,(H,15,16). The van der Waals surface area contributed by atoms with E-state index in [1.807, 2.05) is 0 Å². The molecule has 6 nitrogen and oxygen atoms in total. The van der Waals surface area contributed by atoms with Crippen LogP contribution in [0, 0.1) is 0 Å². The van der Waals surface area contributed by atoms with Crippen LogP contribution in [0.2, 0.25) is 0 Å². The summed E-state index contributed by atoms with van der Waals surface area (Å²) >= 11 is 0. The van der Waals surface area contributed by atoms with Gasteiger partial charge >= 0.3 is 0 Å². The molecular formula is C13H20N2O4.